The van der Waals surface area contributed by atoms with E-state index in [1.807, 2.05) is 0 Å². The Bertz CT molecular complexity index is 789. The largest absolute Gasteiger partial charge is 0.475 e. The third-order valence-corrected chi connectivity index (χ3v) is 4.37. The van der Waals surface area contributed by atoms with Gasteiger partial charge in [-0.05, 0) is 18.2 Å². The van der Waals surface area contributed by atoms with Crippen LogP contribution in [0.15, 0.2) is 45.9 Å². The van der Waals surface area contributed by atoms with Crippen molar-refractivity contribution in [1.82, 2.24) is 0 Å². The Balaban J connectivity index is 2.32. The molecule has 1 N–H and O–H groups in total. The van der Waals surface area contributed by atoms with E-state index in [1.165, 1.54) is 6.07 Å². The molecule has 21 heavy (non-hydrogen) atoms. The molecule has 110 valence electrons. The number of aromatic carboxylic acids is 1. The Morgan fingerprint density at radius 1 is 1.24 bits per heavy atom. The van der Waals surface area contributed by atoms with Crippen LogP contribution in [-0.2, 0) is 15.6 Å². The third-order valence-electron chi connectivity index (χ3n) is 2.69. The van der Waals surface area contributed by atoms with Crippen LogP contribution in [0.5, 0.6) is 0 Å². The SMILES string of the molecule is O=C(O)c1occc1CS(=O)(=O)c1ccc([N+](=O)[O-])cc1. The average molecular weight is 311 g/mol. The number of benzene rings is 1. The lowest BCUT2D eigenvalue weighted by atomic mass is 10.3. The fourth-order valence-electron chi connectivity index (χ4n) is 1.70. The zero-order chi connectivity index (χ0) is 15.6. The quantitative estimate of drug-likeness (QED) is 0.659. The lowest BCUT2D eigenvalue weighted by Crippen LogP contribution is -2.08. The molecule has 0 fully saturated rings. The molecule has 2 aromatic rings. The molecule has 1 heterocycles. The summed E-state index contributed by atoms with van der Waals surface area (Å²) < 4.78 is 29.0. The molecule has 0 saturated carbocycles. The number of sulfone groups is 1. The molecule has 0 radical (unpaired) electrons. The van der Waals surface area contributed by atoms with E-state index in [0.717, 1.165) is 30.5 Å². The van der Waals surface area contributed by atoms with E-state index in [4.69, 9.17) is 9.52 Å². The monoisotopic (exact) mass is 311 g/mol. The highest BCUT2D eigenvalue weighted by atomic mass is 32.2. The van der Waals surface area contributed by atoms with E-state index < -0.39 is 32.2 Å². The van der Waals surface area contributed by atoms with Crippen LogP contribution in [0.2, 0.25) is 0 Å². The Morgan fingerprint density at radius 2 is 1.86 bits per heavy atom. The molecule has 0 amide bonds. The molecular weight excluding hydrogens is 302 g/mol. The topological polar surface area (TPSA) is 128 Å². The van der Waals surface area contributed by atoms with Gasteiger partial charge in [0, 0.05) is 17.7 Å². The Labute approximate surface area is 118 Å². The van der Waals surface area contributed by atoms with Gasteiger partial charge in [0.1, 0.15) is 0 Å². The van der Waals surface area contributed by atoms with Gasteiger partial charge in [-0.25, -0.2) is 13.2 Å². The predicted molar refractivity (Wildman–Crippen MR) is 69.7 cm³/mol. The number of nitro groups is 1. The summed E-state index contributed by atoms with van der Waals surface area (Å²) in [4.78, 5) is 20.6. The van der Waals surface area contributed by atoms with Gasteiger partial charge >= 0.3 is 5.97 Å². The molecule has 8 nitrogen and oxygen atoms in total. The first-order valence-electron chi connectivity index (χ1n) is 5.58. The van der Waals surface area contributed by atoms with Gasteiger partial charge in [-0.1, -0.05) is 0 Å². The molecule has 9 heteroatoms. The van der Waals surface area contributed by atoms with Crippen LogP contribution < -0.4 is 0 Å². The highest BCUT2D eigenvalue weighted by Crippen LogP contribution is 2.22. The van der Waals surface area contributed by atoms with Gasteiger partial charge in [-0.15, -0.1) is 0 Å². The summed E-state index contributed by atoms with van der Waals surface area (Å²) in [5.74, 6) is -2.38. The van der Waals surface area contributed by atoms with Crippen LogP contribution in [0, 0.1) is 10.1 Å². The highest BCUT2D eigenvalue weighted by molar-refractivity contribution is 7.90. The number of furan rings is 1. The van der Waals surface area contributed by atoms with Gasteiger partial charge in [0.15, 0.2) is 9.84 Å². The minimum Gasteiger partial charge on any atom is -0.475 e. The number of carboxylic acid groups (broad SMARTS) is 1. The Hall–Kier alpha value is -2.68. The molecule has 0 aliphatic heterocycles. The maximum absolute atomic E-state index is 12.2. The fraction of sp³-hybridized carbons (Fsp3) is 0.0833. The summed E-state index contributed by atoms with van der Waals surface area (Å²) in [5.41, 5.74) is -0.218. The average Bonchev–Trinajstić information content (AvgIpc) is 2.86. The molecule has 0 bridgehead atoms. The number of hydrogen-bond acceptors (Lipinski definition) is 6. The normalized spacial score (nSPS) is 11.2. The molecule has 1 aromatic heterocycles. The van der Waals surface area contributed by atoms with Gasteiger partial charge in [-0.3, -0.25) is 10.1 Å². The standard InChI is InChI=1S/C12H9NO7S/c14-12(15)11-8(5-6-20-11)7-21(18,19)10-3-1-9(2-4-10)13(16)17/h1-6H,7H2,(H,14,15). The highest BCUT2D eigenvalue weighted by Gasteiger charge is 2.22. The first-order valence-corrected chi connectivity index (χ1v) is 7.23. The Morgan fingerprint density at radius 3 is 2.38 bits per heavy atom. The number of carboxylic acids is 1. The van der Waals surface area contributed by atoms with Crippen molar-refractivity contribution >= 4 is 21.5 Å². The van der Waals surface area contributed by atoms with E-state index in [1.54, 1.807) is 0 Å². The van der Waals surface area contributed by atoms with E-state index >= 15 is 0 Å². The minimum atomic E-state index is -3.83. The van der Waals surface area contributed by atoms with E-state index in [-0.39, 0.29) is 16.1 Å². The Kier molecular flexibility index (Phi) is 3.76. The van der Waals surface area contributed by atoms with Crippen molar-refractivity contribution in [2.45, 2.75) is 10.6 Å². The lowest BCUT2D eigenvalue weighted by Gasteiger charge is -2.03. The maximum atomic E-state index is 12.2. The number of nitro benzene ring substituents is 1. The number of rotatable bonds is 5. The summed E-state index contributed by atoms with van der Waals surface area (Å²) in [6.07, 6.45) is 1.09. The molecule has 0 aliphatic rings. The molecule has 0 unspecified atom stereocenters. The maximum Gasteiger partial charge on any atom is 0.372 e. The number of non-ortho nitro benzene ring substituents is 1. The van der Waals surface area contributed by atoms with Crippen LogP contribution in [0.3, 0.4) is 0 Å². The van der Waals surface area contributed by atoms with Crippen LogP contribution in [0.25, 0.3) is 0 Å². The summed E-state index contributed by atoms with van der Waals surface area (Å²) >= 11 is 0. The van der Waals surface area contributed by atoms with Crippen molar-refractivity contribution in [1.29, 1.82) is 0 Å². The van der Waals surface area contributed by atoms with Gasteiger partial charge in [0.25, 0.3) is 5.69 Å². The van der Waals surface area contributed by atoms with Crippen LogP contribution in [-0.4, -0.2) is 24.4 Å². The first kappa shape index (κ1) is 14.7. The van der Waals surface area contributed by atoms with Crippen LogP contribution in [0.1, 0.15) is 16.1 Å². The van der Waals surface area contributed by atoms with Gasteiger partial charge < -0.3 is 9.52 Å². The van der Waals surface area contributed by atoms with Gasteiger partial charge in [0.05, 0.1) is 21.8 Å². The molecule has 0 spiro atoms. The lowest BCUT2D eigenvalue weighted by molar-refractivity contribution is -0.384. The molecule has 1 aromatic carbocycles. The fourth-order valence-corrected chi connectivity index (χ4v) is 3.05. The summed E-state index contributed by atoms with van der Waals surface area (Å²) in [6, 6.07) is 5.61. The minimum absolute atomic E-state index is 0.0147. The molecule has 0 saturated heterocycles. The van der Waals surface area contributed by atoms with Crippen LogP contribution >= 0.6 is 0 Å². The number of hydrogen-bond donors (Lipinski definition) is 1. The first-order chi connectivity index (χ1) is 9.81. The van der Waals surface area contributed by atoms with E-state index in [9.17, 15) is 23.3 Å². The second kappa shape index (κ2) is 5.37. The number of carbonyl (C=O) groups is 1. The van der Waals surface area contributed by atoms with Crippen molar-refractivity contribution in [3.05, 3.63) is 58.0 Å². The molecule has 0 atom stereocenters. The third kappa shape index (κ3) is 3.08. The van der Waals surface area contributed by atoms with Crippen LogP contribution in [0.4, 0.5) is 5.69 Å². The second-order valence-electron chi connectivity index (χ2n) is 4.09. The zero-order valence-corrected chi connectivity index (χ0v) is 11.2. The van der Waals surface area contributed by atoms with Crippen molar-refractivity contribution in [3.63, 3.8) is 0 Å². The summed E-state index contributed by atoms with van der Waals surface area (Å²) in [5, 5.41) is 19.4. The number of nitrogens with zero attached hydrogens (tertiary/aromatic N) is 1. The molecule has 0 aliphatic carbocycles. The van der Waals surface area contributed by atoms with E-state index in [0.29, 0.717) is 0 Å². The summed E-state index contributed by atoms with van der Waals surface area (Å²) in [6.45, 7) is 0. The van der Waals surface area contributed by atoms with Crippen molar-refractivity contribution in [2.24, 2.45) is 0 Å². The summed E-state index contributed by atoms with van der Waals surface area (Å²) in [7, 11) is -3.83. The van der Waals surface area contributed by atoms with Gasteiger partial charge in [0.2, 0.25) is 5.76 Å². The van der Waals surface area contributed by atoms with Crippen molar-refractivity contribution < 1.29 is 27.7 Å². The smallest absolute Gasteiger partial charge is 0.372 e. The van der Waals surface area contributed by atoms with E-state index in [2.05, 4.69) is 0 Å². The zero-order valence-electron chi connectivity index (χ0n) is 10.4. The molecule has 2 rings (SSSR count). The van der Waals surface area contributed by atoms with Crippen molar-refractivity contribution in [3.8, 4) is 0 Å². The molecular formula is C12H9NO7S. The van der Waals surface area contributed by atoms with Crippen molar-refractivity contribution in [2.75, 3.05) is 0 Å². The van der Waals surface area contributed by atoms with Gasteiger partial charge in [-0.2, -0.15) is 0 Å². The second-order valence-corrected chi connectivity index (χ2v) is 6.08. The predicted octanol–water partition coefficient (Wildman–Crippen LogP) is 1.86.